The third kappa shape index (κ3) is 5.85. The number of benzene rings is 2. The van der Waals surface area contributed by atoms with Crippen molar-refractivity contribution in [3.63, 3.8) is 0 Å². The summed E-state index contributed by atoms with van der Waals surface area (Å²) in [5, 5.41) is 6.40. The highest BCUT2D eigenvalue weighted by Gasteiger charge is 2.16. The molecule has 9 heteroatoms. The standard InChI is InChI=1S/C20H28N4O4S/c1-6-28-19-13-16(9-12-18(19)27-5)23-20(21-2)22-14-15-7-10-17(11-8-15)29(25,26)24(3)4/h7-13H,6,14H2,1-5H3,(H2,21,22,23). The monoisotopic (exact) mass is 420 g/mol. The Morgan fingerprint density at radius 2 is 1.79 bits per heavy atom. The van der Waals surface area contributed by atoms with Gasteiger partial charge in [-0.15, -0.1) is 0 Å². The van der Waals surface area contributed by atoms with Crippen LogP contribution in [0, 0.1) is 0 Å². The van der Waals surface area contributed by atoms with Crippen LogP contribution in [0.2, 0.25) is 0 Å². The van der Waals surface area contributed by atoms with Gasteiger partial charge in [0.2, 0.25) is 10.0 Å². The highest BCUT2D eigenvalue weighted by molar-refractivity contribution is 7.89. The lowest BCUT2D eigenvalue weighted by molar-refractivity contribution is 0.311. The number of methoxy groups -OCH3 is 1. The summed E-state index contributed by atoms with van der Waals surface area (Å²) < 4.78 is 36.4. The Morgan fingerprint density at radius 3 is 2.34 bits per heavy atom. The summed E-state index contributed by atoms with van der Waals surface area (Å²) in [5.41, 5.74) is 1.73. The van der Waals surface area contributed by atoms with E-state index >= 15 is 0 Å². The normalized spacial score (nSPS) is 12.0. The van der Waals surface area contributed by atoms with E-state index in [4.69, 9.17) is 9.47 Å². The van der Waals surface area contributed by atoms with Gasteiger partial charge in [0.1, 0.15) is 0 Å². The predicted molar refractivity (Wildman–Crippen MR) is 115 cm³/mol. The second-order valence-corrected chi connectivity index (χ2v) is 8.43. The molecular formula is C20H28N4O4S. The van der Waals surface area contributed by atoms with Gasteiger partial charge in [0.15, 0.2) is 17.5 Å². The molecule has 0 bridgehead atoms. The summed E-state index contributed by atoms with van der Waals surface area (Å²) in [6.45, 7) is 2.93. The van der Waals surface area contributed by atoms with E-state index in [1.807, 2.05) is 25.1 Å². The number of aliphatic imine (C=N–C) groups is 1. The summed E-state index contributed by atoms with van der Waals surface area (Å²) in [5.74, 6) is 1.88. The summed E-state index contributed by atoms with van der Waals surface area (Å²) in [7, 11) is 2.86. The quantitative estimate of drug-likeness (QED) is 0.504. The average molecular weight is 421 g/mol. The van der Waals surface area contributed by atoms with Gasteiger partial charge in [-0.05, 0) is 36.8 Å². The van der Waals surface area contributed by atoms with Gasteiger partial charge in [-0.25, -0.2) is 12.7 Å². The number of rotatable bonds is 8. The Balaban J connectivity index is 2.03. The fourth-order valence-corrected chi connectivity index (χ4v) is 3.42. The number of guanidine groups is 1. The van der Waals surface area contributed by atoms with E-state index in [9.17, 15) is 8.42 Å². The third-order valence-corrected chi connectivity index (χ3v) is 5.94. The smallest absolute Gasteiger partial charge is 0.242 e. The molecule has 0 aliphatic carbocycles. The predicted octanol–water partition coefficient (Wildman–Crippen LogP) is 2.53. The third-order valence-electron chi connectivity index (χ3n) is 4.11. The number of hydrogen-bond acceptors (Lipinski definition) is 5. The zero-order valence-corrected chi connectivity index (χ0v) is 18.2. The van der Waals surface area contributed by atoms with Gasteiger partial charge < -0.3 is 20.1 Å². The van der Waals surface area contributed by atoms with Crippen molar-refractivity contribution in [2.24, 2.45) is 4.99 Å². The van der Waals surface area contributed by atoms with Crippen molar-refractivity contribution in [2.45, 2.75) is 18.4 Å². The number of nitrogens with zero attached hydrogens (tertiary/aromatic N) is 2. The molecule has 0 heterocycles. The minimum atomic E-state index is -3.43. The summed E-state index contributed by atoms with van der Waals surface area (Å²) in [4.78, 5) is 4.48. The van der Waals surface area contributed by atoms with E-state index < -0.39 is 10.0 Å². The molecule has 0 spiro atoms. The summed E-state index contributed by atoms with van der Waals surface area (Å²) in [6.07, 6.45) is 0. The molecule has 0 aliphatic heterocycles. The van der Waals surface area contributed by atoms with E-state index in [0.717, 1.165) is 11.3 Å². The van der Waals surface area contributed by atoms with Crippen LogP contribution < -0.4 is 20.1 Å². The number of sulfonamides is 1. The molecule has 2 rings (SSSR count). The molecule has 0 radical (unpaired) electrons. The van der Waals surface area contributed by atoms with Crippen LogP contribution in [-0.4, -0.2) is 53.5 Å². The fraction of sp³-hybridized carbons (Fsp3) is 0.350. The average Bonchev–Trinajstić information content (AvgIpc) is 2.71. The first-order valence-corrected chi connectivity index (χ1v) is 10.6. The Labute approximate surface area is 172 Å². The lowest BCUT2D eigenvalue weighted by atomic mass is 10.2. The first-order chi connectivity index (χ1) is 13.8. The van der Waals surface area contributed by atoms with Crippen LogP contribution in [0.3, 0.4) is 0 Å². The van der Waals surface area contributed by atoms with Gasteiger partial charge >= 0.3 is 0 Å². The molecule has 2 aromatic carbocycles. The highest BCUT2D eigenvalue weighted by atomic mass is 32.2. The van der Waals surface area contributed by atoms with Crippen LogP contribution in [-0.2, 0) is 16.6 Å². The highest BCUT2D eigenvalue weighted by Crippen LogP contribution is 2.30. The zero-order valence-electron chi connectivity index (χ0n) is 17.4. The lowest BCUT2D eigenvalue weighted by Crippen LogP contribution is -2.30. The van der Waals surface area contributed by atoms with E-state index in [2.05, 4.69) is 15.6 Å². The number of anilines is 1. The van der Waals surface area contributed by atoms with Crippen LogP contribution in [0.15, 0.2) is 52.4 Å². The molecule has 0 saturated heterocycles. The maximum Gasteiger partial charge on any atom is 0.242 e. The molecule has 0 aromatic heterocycles. The molecule has 2 N–H and O–H groups in total. The van der Waals surface area contributed by atoms with Gasteiger partial charge in [-0.1, -0.05) is 12.1 Å². The van der Waals surface area contributed by atoms with E-state index in [1.165, 1.54) is 18.4 Å². The van der Waals surface area contributed by atoms with Crippen molar-refractivity contribution in [3.8, 4) is 11.5 Å². The number of nitrogens with one attached hydrogen (secondary N) is 2. The van der Waals surface area contributed by atoms with Crippen LogP contribution in [0.1, 0.15) is 12.5 Å². The molecule has 0 unspecified atom stereocenters. The fourth-order valence-electron chi connectivity index (χ4n) is 2.51. The molecule has 0 fully saturated rings. The van der Waals surface area contributed by atoms with Gasteiger partial charge in [0, 0.05) is 39.4 Å². The molecule has 0 saturated carbocycles. The van der Waals surface area contributed by atoms with Crippen LogP contribution in [0.4, 0.5) is 5.69 Å². The van der Waals surface area contributed by atoms with Gasteiger partial charge in [-0.2, -0.15) is 0 Å². The lowest BCUT2D eigenvalue weighted by Gasteiger charge is -2.15. The molecule has 0 amide bonds. The number of hydrogen-bond donors (Lipinski definition) is 2. The van der Waals surface area contributed by atoms with E-state index in [-0.39, 0.29) is 4.90 Å². The Hall–Kier alpha value is -2.78. The first-order valence-electron chi connectivity index (χ1n) is 9.11. The van der Waals surface area contributed by atoms with Crippen molar-refractivity contribution in [1.29, 1.82) is 0 Å². The van der Waals surface area contributed by atoms with Crippen molar-refractivity contribution in [3.05, 3.63) is 48.0 Å². The minimum Gasteiger partial charge on any atom is -0.493 e. The van der Waals surface area contributed by atoms with Crippen LogP contribution in [0.25, 0.3) is 0 Å². The van der Waals surface area contributed by atoms with Gasteiger partial charge in [0.25, 0.3) is 0 Å². The van der Waals surface area contributed by atoms with E-state index in [1.54, 1.807) is 38.4 Å². The second-order valence-electron chi connectivity index (χ2n) is 6.28. The van der Waals surface area contributed by atoms with Crippen LogP contribution >= 0.6 is 0 Å². The Bertz CT molecular complexity index is 941. The zero-order chi connectivity index (χ0) is 21.4. The Kier molecular flexibility index (Phi) is 7.86. The van der Waals surface area contributed by atoms with Crippen molar-refractivity contribution < 1.29 is 17.9 Å². The summed E-state index contributed by atoms with van der Waals surface area (Å²) >= 11 is 0. The molecule has 0 aliphatic rings. The molecule has 29 heavy (non-hydrogen) atoms. The molecule has 158 valence electrons. The topological polar surface area (TPSA) is 92.3 Å². The molecular weight excluding hydrogens is 392 g/mol. The molecule has 0 atom stereocenters. The first kappa shape index (κ1) is 22.5. The largest absolute Gasteiger partial charge is 0.493 e. The van der Waals surface area contributed by atoms with Gasteiger partial charge in [-0.3, -0.25) is 4.99 Å². The van der Waals surface area contributed by atoms with Crippen molar-refractivity contribution in [1.82, 2.24) is 9.62 Å². The molecule has 2 aromatic rings. The number of ether oxygens (including phenoxy) is 2. The maximum atomic E-state index is 12.1. The SMILES string of the molecule is CCOc1cc(NC(=NC)NCc2ccc(S(=O)(=O)N(C)C)cc2)ccc1OC. The van der Waals surface area contributed by atoms with Crippen molar-refractivity contribution >= 4 is 21.7 Å². The van der Waals surface area contributed by atoms with E-state index in [0.29, 0.717) is 30.6 Å². The second kappa shape index (κ2) is 10.1. The molecule has 8 nitrogen and oxygen atoms in total. The Morgan fingerprint density at radius 1 is 1.10 bits per heavy atom. The minimum absolute atomic E-state index is 0.260. The van der Waals surface area contributed by atoms with Gasteiger partial charge in [0.05, 0.1) is 18.6 Å². The maximum absolute atomic E-state index is 12.1. The van der Waals surface area contributed by atoms with Crippen LogP contribution in [0.5, 0.6) is 11.5 Å². The van der Waals surface area contributed by atoms with Crippen molar-refractivity contribution in [2.75, 3.05) is 40.2 Å². The summed E-state index contributed by atoms with van der Waals surface area (Å²) in [6, 6.07) is 12.3.